The van der Waals surface area contributed by atoms with Crippen molar-refractivity contribution in [2.75, 3.05) is 20.5 Å². The van der Waals surface area contributed by atoms with Crippen LogP contribution >= 0.6 is 0 Å². The van der Waals surface area contributed by atoms with E-state index in [9.17, 15) is 4.79 Å². The molecule has 0 spiro atoms. The third-order valence-electron chi connectivity index (χ3n) is 3.00. The molecule has 1 aromatic heterocycles. The molecule has 1 aromatic carbocycles. The van der Waals surface area contributed by atoms with Gasteiger partial charge in [0.05, 0.1) is 12.2 Å². The molecule has 0 N–H and O–H groups in total. The normalized spacial score (nSPS) is 11.1. The molecule has 5 heteroatoms. The summed E-state index contributed by atoms with van der Waals surface area (Å²) in [5.74, 6) is 0.294. The average Bonchev–Trinajstić information content (AvgIpc) is 2.59. The number of hydrogen-bond acceptors (Lipinski definition) is 5. The highest BCUT2D eigenvalue weighted by Crippen LogP contribution is 2.22. The molecule has 0 amide bonds. The Morgan fingerprint density at radius 1 is 1.22 bits per heavy atom. The summed E-state index contributed by atoms with van der Waals surface area (Å²) in [5, 5.41) is 0. The summed E-state index contributed by atoms with van der Waals surface area (Å²) in [6, 6.07) is 10.9. The minimum absolute atomic E-state index is 0.176. The van der Waals surface area contributed by atoms with E-state index in [1.165, 1.54) is 0 Å². The molecule has 0 bridgehead atoms. The van der Waals surface area contributed by atoms with Gasteiger partial charge in [-0.1, -0.05) is 18.2 Å². The summed E-state index contributed by atoms with van der Waals surface area (Å²) in [6.07, 6.45) is 5.13. The van der Waals surface area contributed by atoms with Crippen LogP contribution in [0.4, 0.5) is 0 Å². The standard InChI is InChI=1S/C18H19NO4/c1-3-22-18(20)17(11-14-5-4-10-19-12-14)15-6-8-16(9-7-15)23-13-21-2/h4-12H,3,13H2,1-2H3. The Morgan fingerprint density at radius 2 is 2.00 bits per heavy atom. The number of ether oxygens (including phenoxy) is 3. The first-order chi connectivity index (χ1) is 11.2. The third-order valence-corrected chi connectivity index (χ3v) is 3.00. The number of pyridine rings is 1. The SMILES string of the molecule is CCOC(=O)C(=Cc1cccnc1)c1ccc(OCOC)cc1. The zero-order valence-electron chi connectivity index (χ0n) is 13.2. The largest absolute Gasteiger partial charge is 0.468 e. The maximum atomic E-state index is 12.2. The first-order valence-corrected chi connectivity index (χ1v) is 7.25. The van der Waals surface area contributed by atoms with Gasteiger partial charge < -0.3 is 14.2 Å². The monoisotopic (exact) mass is 313 g/mol. The zero-order chi connectivity index (χ0) is 16.5. The lowest BCUT2D eigenvalue weighted by atomic mass is 10.0. The van der Waals surface area contributed by atoms with Crippen LogP contribution < -0.4 is 4.74 Å². The van der Waals surface area contributed by atoms with Crippen molar-refractivity contribution in [1.29, 1.82) is 0 Å². The zero-order valence-corrected chi connectivity index (χ0v) is 13.2. The highest BCUT2D eigenvalue weighted by molar-refractivity contribution is 6.21. The van der Waals surface area contributed by atoms with Crippen molar-refractivity contribution >= 4 is 17.6 Å². The lowest BCUT2D eigenvalue weighted by molar-refractivity contribution is -0.136. The van der Waals surface area contributed by atoms with Crippen LogP contribution in [0.5, 0.6) is 5.75 Å². The van der Waals surface area contributed by atoms with Gasteiger partial charge in [-0.25, -0.2) is 4.79 Å². The second-order valence-electron chi connectivity index (χ2n) is 4.64. The number of methoxy groups -OCH3 is 1. The second kappa shape index (κ2) is 8.70. The lowest BCUT2D eigenvalue weighted by Crippen LogP contribution is -2.07. The van der Waals surface area contributed by atoms with Crippen molar-refractivity contribution in [2.45, 2.75) is 6.92 Å². The van der Waals surface area contributed by atoms with Crippen LogP contribution in [0, 0.1) is 0 Å². The van der Waals surface area contributed by atoms with Crippen LogP contribution in [-0.4, -0.2) is 31.5 Å². The smallest absolute Gasteiger partial charge is 0.338 e. The number of carbonyl (C=O) groups is 1. The van der Waals surface area contributed by atoms with Gasteiger partial charge in [-0.05, 0) is 42.3 Å². The van der Waals surface area contributed by atoms with E-state index in [0.717, 1.165) is 11.1 Å². The molecule has 0 aliphatic rings. The average molecular weight is 313 g/mol. The topological polar surface area (TPSA) is 57.7 Å². The summed E-state index contributed by atoms with van der Waals surface area (Å²) in [5.41, 5.74) is 2.05. The van der Waals surface area contributed by atoms with Crippen LogP contribution in [0.15, 0.2) is 48.8 Å². The van der Waals surface area contributed by atoms with E-state index in [1.54, 1.807) is 44.6 Å². The summed E-state index contributed by atoms with van der Waals surface area (Å²) in [6.45, 7) is 2.27. The van der Waals surface area contributed by atoms with Gasteiger partial charge in [-0.2, -0.15) is 0 Å². The van der Waals surface area contributed by atoms with Crippen LogP contribution in [0.25, 0.3) is 11.6 Å². The van der Waals surface area contributed by atoms with Crippen molar-refractivity contribution in [2.24, 2.45) is 0 Å². The number of hydrogen-bond donors (Lipinski definition) is 0. The summed E-state index contributed by atoms with van der Waals surface area (Å²) < 4.78 is 15.4. The number of benzene rings is 1. The predicted molar refractivity (Wildman–Crippen MR) is 87.7 cm³/mol. The van der Waals surface area contributed by atoms with Crippen molar-refractivity contribution in [3.05, 3.63) is 59.9 Å². The van der Waals surface area contributed by atoms with Crippen LogP contribution in [-0.2, 0) is 14.3 Å². The molecule has 5 nitrogen and oxygen atoms in total. The van der Waals surface area contributed by atoms with Gasteiger partial charge in [0.1, 0.15) is 5.75 Å². The number of aromatic nitrogens is 1. The van der Waals surface area contributed by atoms with Gasteiger partial charge in [0, 0.05) is 19.5 Å². The Labute approximate surface area is 135 Å². The molecule has 0 aliphatic heterocycles. The van der Waals surface area contributed by atoms with Gasteiger partial charge in [0.25, 0.3) is 0 Å². The lowest BCUT2D eigenvalue weighted by Gasteiger charge is -2.09. The molecule has 120 valence electrons. The van der Waals surface area contributed by atoms with E-state index in [2.05, 4.69) is 4.98 Å². The molecule has 1 heterocycles. The molecule has 2 aromatic rings. The summed E-state index contributed by atoms with van der Waals surface area (Å²) >= 11 is 0. The Morgan fingerprint density at radius 3 is 2.61 bits per heavy atom. The van der Waals surface area contributed by atoms with E-state index >= 15 is 0 Å². The Hall–Kier alpha value is -2.66. The molecule has 0 saturated carbocycles. The van der Waals surface area contributed by atoms with Crippen LogP contribution in [0.1, 0.15) is 18.1 Å². The second-order valence-corrected chi connectivity index (χ2v) is 4.64. The van der Waals surface area contributed by atoms with Gasteiger partial charge in [-0.3, -0.25) is 4.98 Å². The minimum Gasteiger partial charge on any atom is -0.468 e. The Kier molecular flexibility index (Phi) is 6.32. The van der Waals surface area contributed by atoms with Gasteiger partial charge in [0.2, 0.25) is 0 Å². The van der Waals surface area contributed by atoms with E-state index in [0.29, 0.717) is 17.9 Å². The molecule has 0 radical (unpaired) electrons. The predicted octanol–water partition coefficient (Wildman–Crippen LogP) is 3.17. The highest BCUT2D eigenvalue weighted by atomic mass is 16.7. The fourth-order valence-electron chi connectivity index (χ4n) is 1.95. The fraction of sp³-hybridized carbons (Fsp3) is 0.222. The number of nitrogens with zero attached hydrogens (tertiary/aromatic N) is 1. The summed E-state index contributed by atoms with van der Waals surface area (Å²) in [7, 11) is 1.56. The third kappa shape index (κ3) is 4.93. The van der Waals surface area contributed by atoms with Crippen LogP contribution in [0.2, 0.25) is 0 Å². The number of carbonyl (C=O) groups excluding carboxylic acids is 1. The molecular formula is C18H19NO4. The molecule has 0 unspecified atom stereocenters. The van der Waals surface area contributed by atoms with Crippen molar-refractivity contribution in [1.82, 2.24) is 4.98 Å². The van der Waals surface area contributed by atoms with Gasteiger partial charge >= 0.3 is 5.97 Å². The van der Waals surface area contributed by atoms with Crippen molar-refractivity contribution < 1.29 is 19.0 Å². The van der Waals surface area contributed by atoms with E-state index in [1.807, 2.05) is 24.3 Å². The minimum atomic E-state index is -0.373. The number of esters is 1. The van der Waals surface area contributed by atoms with Gasteiger partial charge in [-0.15, -0.1) is 0 Å². The van der Waals surface area contributed by atoms with E-state index in [4.69, 9.17) is 14.2 Å². The van der Waals surface area contributed by atoms with E-state index < -0.39 is 0 Å². The molecule has 23 heavy (non-hydrogen) atoms. The molecule has 0 aliphatic carbocycles. The first-order valence-electron chi connectivity index (χ1n) is 7.25. The molecule has 0 fully saturated rings. The summed E-state index contributed by atoms with van der Waals surface area (Å²) in [4.78, 5) is 16.3. The maximum Gasteiger partial charge on any atom is 0.338 e. The quantitative estimate of drug-likeness (QED) is 0.446. The molecule has 0 atom stereocenters. The fourth-order valence-corrected chi connectivity index (χ4v) is 1.95. The molecule has 2 rings (SSSR count). The first kappa shape index (κ1) is 16.7. The van der Waals surface area contributed by atoms with Gasteiger partial charge in [0.15, 0.2) is 6.79 Å². The molecular weight excluding hydrogens is 294 g/mol. The number of rotatable bonds is 7. The molecule has 0 saturated heterocycles. The van der Waals surface area contributed by atoms with E-state index in [-0.39, 0.29) is 12.8 Å². The van der Waals surface area contributed by atoms with Crippen molar-refractivity contribution in [3.63, 3.8) is 0 Å². The van der Waals surface area contributed by atoms with Crippen molar-refractivity contribution in [3.8, 4) is 5.75 Å². The highest BCUT2D eigenvalue weighted by Gasteiger charge is 2.13. The maximum absolute atomic E-state index is 12.2. The Bertz CT molecular complexity index is 650. The Balaban J connectivity index is 2.30. The van der Waals surface area contributed by atoms with Crippen LogP contribution in [0.3, 0.4) is 0 Å².